The molecule has 0 atom stereocenters. The fourth-order valence-electron chi connectivity index (χ4n) is 3.06. The van der Waals surface area contributed by atoms with E-state index in [2.05, 4.69) is 26.3 Å². The van der Waals surface area contributed by atoms with Crippen LogP contribution in [0.15, 0.2) is 60.9 Å². The van der Waals surface area contributed by atoms with E-state index in [-0.39, 0.29) is 0 Å². The van der Waals surface area contributed by atoms with Gasteiger partial charge in [0, 0.05) is 24.0 Å². The smallest absolute Gasteiger partial charge is 0.340 e. The molecule has 4 rings (SSSR count). The zero-order chi connectivity index (χ0) is 18.1. The molecule has 1 aliphatic heterocycles. The lowest BCUT2D eigenvalue weighted by Crippen LogP contribution is -2.15. The fraction of sp³-hybridized carbons (Fsp3) is 0.158. The van der Waals surface area contributed by atoms with Crippen molar-refractivity contribution in [2.45, 2.75) is 12.6 Å². The van der Waals surface area contributed by atoms with Gasteiger partial charge in [-0.05, 0) is 36.2 Å². The lowest BCUT2D eigenvalue weighted by molar-refractivity contribution is -0.137. The Labute approximate surface area is 148 Å². The van der Waals surface area contributed by atoms with Gasteiger partial charge in [-0.25, -0.2) is 9.97 Å². The summed E-state index contributed by atoms with van der Waals surface area (Å²) in [4.78, 5) is 10.5. The van der Waals surface area contributed by atoms with E-state index in [4.69, 9.17) is 0 Å². The molecule has 0 radical (unpaired) electrons. The standard InChI is InChI=1S/C19H15F3N4/c20-19(21,22)14-5-3-6-15(10-14)25-17-11-18(24-12-23-17)26-9-8-13-4-1-2-7-16(13)26/h1-7,10-12H,8-9H2,(H,23,24,25). The molecule has 0 aliphatic carbocycles. The molecule has 2 heterocycles. The van der Waals surface area contributed by atoms with Gasteiger partial charge in [0.25, 0.3) is 0 Å². The summed E-state index contributed by atoms with van der Waals surface area (Å²) in [6, 6.07) is 14.9. The summed E-state index contributed by atoms with van der Waals surface area (Å²) >= 11 is 0. The van der Waals surface area contributed by atoms with Gasteiger partial charge in [0.1, 0.15) is 18.0 Å². The first-order chi connectivity index (χ1) is 12.5. The third kappa shape index (κ3) is 3.20. The molecule has 26 heavy (non-hydrogen) atoms. The van der Waals surface area contributed by atoms with Gasteiger partial charge in [-0.2, -0.15) is 13.2 Å². The highest BCUT2D eigenvalue weighted by atomic mass is 19.4. The molecule has 0 unspecified atom stereocenters. The lowest BCUT2D eigenvalue weighted by atomic mass is 10.2. The first-order valence-electron chi connectivity index (χ1n) is 8.12. The van der Waals surface area contributed by atoms with Crippen molar-refractivity contribution in [2.24, 2.45) is 0 Å². The van der Waals surface area contributed by atoms with Crippen LogP contribution in [-0.2, 0) is 12.6 Å². The summed E-state index contributed by atoms with van der Waals surface area (Å²) in [5, 5.41) is 2.93. The summed E-state index contributed by atoms with van der Waals surface area (Å²) in [6.07, 6.45) is -2.05. The maximum Gasteiger partial charge on any atom is 0.416 e. The van der Waals surface area contributed by atoms with Crippen molar-refractivity contribution in [1.29, 1.82) is 0 Å². The van der Waals surface area contributed by atoms with Gasteiger partial charge in [-0.1, -0.05) is 24.3 Å². The number of hydrogen-bond donors (Lipinski definition) is 1. The zero-order valence-electron chi connectivity index (χ0n) is 13.7. The Morgan fingerprint density at radius 1 is 0.962 bits per heavy atom. The molecule has 0 amide bonds. The predicted molar refractivity (Wildman–Crippen MR) is 93.9 cm³/mol. The van der Waals surface area contributed by atoms with Crippen LogP contribution < -0.4 is 10.2 Å². The van der Waals surface area contributed by atoms with Crippen molar-refractivity contribution >= 4 is 23.0 Å². The summed E-state index contributed by atoms with van der Waals surface area (Å²) < 4.78 is 38.6. The fourth-order valence-corrected chi connectivity index (χ4v) is 3.06. The molecule has 0 saturated heterocycles. The van der Waals surface area contributed by atoms with Crippen LogP contribution in [0.25, 0.3) is 0 Å². The highest BCUT2D eigenvalue weighted by Gasteiger charge is 2.30. The van der Waals surface area contributed by atoms with Crippen molar-refractivity contribution in [3.63, 3.8) is 0 Å². The monoisotopic (exact) mass is 356 g/mol. The van der Waals surface area contributed by atoms with E-state index >= 15 is 0 Å². The average Bonchev–Trinajstić information content (AvgIpc) is 3.06. The van der Waals surface area contributed by atoms with Crippen molar-refractivity contribution in [2.75, 3.05) is 16.8 Å². The molecular formula is C19H15F3N4. The van der Waals surface area contributed by atoms with Crippen molar-refractivity contribution in [3.05, 3.63) is 72.1 Å². The Morgan fingerprint density at radius 2 is 1.81 bits per heavy atom. The number of nitrogens with zero attached hydrogens (tertiary/aromatic N) is 3. The molecule has 1 aromatic heterocycles. The van der Waals surface area contributed by atoms with Crippen LogP contribution >= 0.6 is 0 Å². The normalized spacial score (nSPS) is 13.6. The topological polar surface area (TPSA) is 41.0 Å². The second-order valence-electron chi connectivity index (χ2n) is 6.00. The highest BCUT2D eigenvalue weighted by Crippen LogP contribution is 2.34. The van der Waals surface area contributed by atoms with Gasteiger partial charge in [-0.15, -0.1) is 0 Å². The van der Waals surface area contributed by atoms with Gasteiger partial charge in [0.05, 0.1) is 5.56 Å². The predicted octanol–water partition coefficient (Wildman–Crippen LogP) is 4.93. The lowest BCUT2D eigenvalue weighted by Gasteiger charge is -2.19. The number of rotatable bonds is 3. The third-order valence-corrected chi connectivity index (χ3v) is 4.28. The SMILES string of the molecule is FC(F)(F)c1cccc(Nc2cc(N3CCc4ccccc43)ncn2)c1. The van der Waals surface area contributed by atoms with E-state index in [1.165, 1.54) is 18.0 Å². The Morgan fingerprint density at radius 3 is 2.65 bits per heavy atom. The van der Waals surface area contributed by atoms with Gasteiger partial charge in [-0.3, -0.25) is 0 Å². The third-order valence-electron chi connectivity index (χ3n) is 4.28. The molecule has 4 nitrogen and oxygen atoms in total. The van der Waals surface area contributed by atoms with E-state index in [9.17, 15) is 13.2 Å². The van der Waals surface area contributed by atoms with Gasteiger partial charge >= 0.3 is 6.18 Å². The summed E-state index contributed by atoms with van der Waals surface area (Å²) in [5.41, 5.74) is 1.96. The summed E-state index contributed by atoms with van der Waals surface area (Å²) in [5.74, 6) is 1.15. The minimum absolute atomic E-state index is 0.325. The Bertz CT molecular complexity index is 940. The molecule has 7 heteroatoms. The summed E-state index contributed by atoms with van der Waals surface area (Å²) in [6.45, 7) is 0.805. The van der Waals surface area contributed by atoms with Crippen LogP contribution in [0.4, 0.5) is 36.2 Å². The molecule has 0 fully saturated rings. The number of halogens is 3. The molecule has 1 N–H and O–H groups in total. The quantitative estimate of drug-likeness (QED) is 0.722. The second kappa shape index (κ2) is 6.33. The van der Waals surface area contributed by atoms with Crippen molar-refractivity contribution in [1.82, 2.24) is 9.97 Å². The number of anilines is 4. The molecule has 0 saturated carbocycles. The van der Waals surface area contributed by atoms with Crippen LogP contribution in [0.2, 0.25) is 0 Å². The number of benzene rings is 2. The average molecular weight is 356 g/mol. The Hall–Kier alpha value is -3.09. The summed E-state index contributed by atoms with van der Waals surface area (Å²) in [7, 11) is 0. The van der Waals surface area contributed by atoms with Crippen LogP contribution in [-0.4, -0.2) is 16.5 Å². The van der Waals surface area contributed by atoms with Gasteiger partial charge in [0.15, 0.2) is 0 Å². The second-order valence-corrected chi connectivity index (χ2v) is 6.00. The number of alkyl halides is 3. The molecule has 132 valence electrons. The van der Waals surface area contributed by atoms with E-state index in [1.807, 2.05) is 18.2 Å². The first kappa shape index (κ1) is 16.4. The zero-order valence-corrected chi connectivity index (χ0v) is 13.7. The van der Waals surface area contributed by atoms with Crippen molar-refractivity contribution < 1.29 is 13.2 Å². The molecule has 2 aromatic carbocycles. The number of nitrogens with one attached hydrogen (secondary N) is 1. The van der Waals surface area contributed by atoms with Crippen LogP contribution in [0, 0.1) is 0 Å². The van der Waals surface area contributed by atoms with E-state index in [0.29, 0.717) is 17.3 Å². The Kier molecular flexibility index (Phi) is 3.99. The Balaban J connectivity index is 1.60. The maximum absolute atomic E-state index is 12.9. The minimum atomic E-state index is -4.38. The number of fused-ring (bicyclic) bond motifs is 1. The number of hydrogen-bond acceptors (Lipinski definition) is 4. The number of aromatic nitrogens is 2. The minimum Gasteiger partial charge on any atom is -0.340 e. The van der Waals surface area contributed by atoms with E-state index in [0.717, 1.165) is 30.8 Å². The molecule has 1 aliphatic rings. The van der Waals surface area contributed by atoms with Gasteiger partial charge < -0.3 is 10.2 Å². The number of para-hydroxylation sites is 1. The van der Waals surface area contributed by atoms with Crippen molar-refractivity contribution in [3.8, 4) is 0 Å². The maximum atomic E-state index is 12.9. The molecular weight excluding hydrogens is 341 g/mol. The molecule has 0 bridgehead atoms. The molecule has 0 spiro atoms. The van der Waals surface area contributed by atoms with Crippen LogP contribution in [0.1, 0.15) is 11.1 Å². The van der Waals surface area contributed by atoms with Gasteiger partial charge in [0.2, 0.25) is 0 Å². The highest BCUT2D eigenvalue weighted by molar-refractivity contribution is 5.70. The first-order valence-corrected chi connectivity index (χ1v) is 8.12. The van der Waals surface area contributed by atoms with Crippen LogP contribution in [0.3, 0.4) is 0 Å². The van der Waals surface area contributed by atoms with E-state index in [1.54, 1.807) is 12.1 Å². The molecule has 3 aromatic rings. The largest absolute Gasteiger partial charge is 0.416 e. The van der Waals surface area contributed by atoms with E-state index < -0.39 is 11.7 Å². The van der Waals surface area contributed by atoms with Crippen LogP contribution in [0.5, 0.6) is 0 Å².